The van der Waals surface area contributed by atoms with Gasteiger partial charge in [0.15, 0.2) is 0 Å². The van der Waals surface area contributed by atoms with E-state index in [1.807, 2.05) is 31.3 Å². The summed E-state index contributed by atoms with van der Waals surface area (Å²) in [6.45, 7) is 11.0. The van der Waals surface area contributed by atoms with Crippen molar-refractivity contribution in [3.05, 3.63) is 113 Å². The van der Waals surface area contributed by atoms with Crippen LogP contribution < -0.4 is 10.6 Å². The molecule has 4 rings (SSSR count). The quantitative estimate of drug-likeness (QED) is 0.186. The summed E-state index contributed by atoms with van der Waals surface area (Å²) in [5.74, 6) is -2.94. The molecule has 3 aromatic carbocycles. The van der Waals surface area contributed by atoms with Gasteiger partial charge in [0.25, 0.3) is 5.92 Å². The van der Waals surface area contributed by atoms with Gasteiger partial charge in [-0.25, -0.2) is 9.07 Å². The van der Waals surface area contributed by atoms with Gasteiger partial charge in [-0.2, -0.15) is 13.9 Å². The van der Waals surface area contributed by atoms with E-state index in [0.29, 0.717) is 11.5 Å². The summed E-state index contributed by atoms with van der Waals surface area (Å²) in [5.41, 5.74) is 6.73. The topological polar surface area (TPSA) is 54.2 Å². The normalized spacial score (nSPS) is 11.7. The van der Waals surface area contributed by atoms with Crippen molar-refractivity contribution in [2.75, 3.05) is 10.6 Å². The van der Waals surface area contributed by atoms with Crippen LogP contribution in [-0.4, -0.2) is 16.0 Å². The van der Waals surface area contributed by atoms with Crippen LogP contribution >= 0.6 is 0 Å². The summed E-state index contributed by atoms with van der Waals surface area (Å²) >= 11 is 0. The zero-order valence-corrected chi connectivity index (χ0v) is 23.2. The van der Waals surface area contributed by atoms with E-state index in [0.717, 1.165) is 43.1 Å². The number of benzene rings is 3. The van der Waals surface area contributed by atoms with Crippen LogP contribution in [0.4, 0.5) is 30.4 Å². The molecule has 5 nitrogen and oxygen atoms in total. The van der Waals surface area contributed by atoms with Crippen LogP contribution in [0.3, 0.4) is 0 Å². The van der Waals surface area contributed by atoms with Gasteiger partial charge >= 0.3 is 0 Å². The minimum Gasteiger partial charge on any atom is -0.342 e. The molecule has 8 heteroatoms. The van der Waals surface area contributed by atoms with E-state index >= 15 is 0 Å². The van der Waals surface area contributed by atoms with Crippen LogP contribution in [0, 0.1) is 12.7 Å². The lowest BCUT2D eigenvalue weighted by molar-refractivity contribution is 0.0124. The lowest BCUT2D eigenvalue weighted by atomic mass is 9.97. The molecule has 0 fully saturated rings. The minimum absolute atomic E-state index is 0.270. The molecule has 0 saturated carbocycles. The number of nitrogens with zero attached hydrogens (tertiary/aromatic N) is 3. The molecule has 1 aromatic heterocycles. The number of hydrogen-bond acceptors (Lipinski definition) is 4. The lowest BCUT2D eigenvalue weighted by Crippen LogP contribution is -2.12. The first kappa shape index (κ1) is 28.7. The number of aliphatic imine (C=N–C) groups is 1. The Morgan fingerprint density at radius 3 is 2.45 bits per heavy atom. The predicted molar refractivity (Wildman–Crippen MR) is 158 cm³/mol. The van der Waals surface area contributed by atoms with Gasteiger partial charge in [-0.3, -0.25) is 4.99 Å². The van der Waals surface area contributed by atoms with Gasteiger partial charge in [0.2, 0.25) is 0 Å². The highest BCUT2D eigenvalue weighted by molar-refractivity contribution is 5.64. The molecule has 0 aliphatic heterocycles. The summed E-state index contributed by atoms with van der Waals surface area (Å²) in [7, 11) is 0. The zero-order chi connectivity index (χ0) is 28.9. The standard InChI is InChI=1S/C32H34F3N5/c1-6-24-19-29(36-7-2)25(17-21(24)3)12-11-23-9-8-10-27(18-23)37-22(4)38-31-20-30(32(5,34)35)39-40(31)28-15-13-26(33)14-16-28/h7-10,13-20,37-38H,4,6,11-12H2,1-3,5H3. The van der Waals surface area contributed by atoms with E-state index in [9.17, 15) is 13.2 Å². The molecule has 0 aliphatic rings. The Morgan fingerprint density at radius 2 is 1.77 bits per heavy atom. The molecular formula is C32H34F3N5. The largest absolute Gasteiger partial charge is 0.342 e. The average Bonchev–Trinajstić information content (AvgIpc) is 3.33. The van der Waals surface area contributed by atoms with E-state index in [1.54, 1.807) is 0 Å². The molecule has 208 valence electrons. The van der Waals surface area contributed by atoms with E-state index in [2.05, 4.69) is 59.4 Å². The summed E-state index contributed by atoms with van der Waals surface area (Å²) in [4.78, 5) is 4.59. The number of nitrogens with one attached hydrogen (secondary N) is 2. The predicted octanol–water partition coefficient (Wildman–Crippen LogP) is 8.50. The van der Waals surface area contributed by atoms with Crippen molar-refractivity contribution in [2.24, 2.45) is 4.99 Å². The molecule has 0 aliphatic carbocycles. The van der Waals surface area contributed by atoms with E-state index in [4.69, 9.17) is 0 Å². The van der Waals surface area contributed by atoms with E-state index < -0.39 is 17.4 Å². The van der Waals surface area contributed by atoms with Crippen LogP contribution in [-0.2, 0) is 25.2 Å². The van der Waals surface area contributed by atoms with E-state index in [1.165, 1.54) is 51.7 Å². The fourth-order valence-corrected chi connectivity index (χ4v) is 4.55. The molecule has 40 heavy (non-hydrogen) atoms. The smallest absolute Gasteiger partial charge is 0.288 e. The van der Waals surface area contributed by atoms with Crippen molar-refractivity contribution in [1.29, 1.82) is 0 Å². The molecule has 0 unspecified atom stereocenters. The van der Waals surface area contributed by atoms with Crippen LogP contribution in [0.15, 0.2) is 84.1 Å². The van der Waals surface area contributed by atoms with Gasteiger partial charge in [-0.1, -0.05) is 31.7 Å². The highest BCUT2D eigenvalue weighted by Crippen LogP contribution is 2.30. The van der Waals surface area contributed by atoms with Crippen molar-refractivity contribution >= 4 is 23.4 Å². The maximum absolute atomic E-state index is 14.1. The summed E-state index contributed by atoms with van der Waals surface area (Å²) in [6, 6.07) is 19.1. The van der Waals surface area contributed by atoms with Gasteiger partial charge in [0, 0.05) is 24.9 Å². The number of anilines is 2. The fraction of sp³-hybridized carbons (Fsp3) is 0.250. The number of rotatable bonds is 11. The van der Waals surface area contributed by atoms with Gasteiger partial charge in [0.1, 0.15) is 23.1 Å². The number of halogens is 3. The zero-order valence-electron chi connectivity index (χ0n) is 23.2. The first-order valence-electron chi connectivity index (χ1n) is 13.2. The van der Waals surface area contributed by atoms with Crippen molar-refractivity contribution in [1.82, 2.24) is 9.78 Å². The molecule has 0 saturated heterocycles. The third kappa shape index (κ3) is 7.00. The Hall–Kier alpha value is -4.33. The second kappa shape index (κ2) is 12.2. The van der Waals surface area contributed by atoms with Gasteiger partial charge in [0.05, 0.1) is 11.4 Å². The summed E-state index contributed by atoms with van der Waals surface area (Å²) in [6.07, 6.45) is 4.45. The first-order valence-corrected chi connectivity index (χ1v) is 13.2. The lowest BCUT2D eigenvalue weighted by Gasteiger charge is -2.15. The Labute approximate surface area is 233 Å². The van der Waals surface area contributed by atoms with Crippen LogP contribution in [0.2, 0.25) is 0 Å². The molecule has 1 heterocycles. The number of aromatic nitrogens is 2. The third-order valence-corrected chi connectivity index (χ3v) is 6.60. The van der Waals surface area contributed by atoms with Crippen LogP contribution in [0.1, 0.15) is 48.7 Å². The van der Waals surface area contributed by atoms with Gasteiger partial charge in [-0.15, -0.1) is 0 Å². The molecule has 4 aromatic rings. The third-order valence-electron chi connectivity index (χ3n) is 6.60. The second-order valence-electron chi connectivity index (χ2n) is 9.77. The highest BCUT2D eigenvalue weighted by atomic mass is 19.3. The number of aryl methyl sites for hydroxylation is 4. The molecule has 2 N–H and O–H groups in total. The Morgan fingerprint density at radius 1 is 1.02 bits per heavy atom. The second-order valence-corrected chi connectivity index (χ2v) is 9.77. The van der Waals surface area contributed by atoms with Gasteiger partial charge < -0.3 is 10.6 Å². The molecule has 0 radical (unpaired) electrons. The maximum atomic E-state index is 14.1. The minimum atomic E-state index is -3.15. The molecule has 0 atom stereocenters. The number of alkyl halides is 2. The van der Waals surface area contributed by atoms with Crippen molar-refractivity contribution in [3.8, 4) is 5.69 Å². The maximum Gasteiger partial charge on any atom is 0.288 e. The van der Waals surface area contributed by atoms with Crippen molar-refractivity contribution < 1.29 is 13.2 Å². The van der Waals surface area contributed by atoms with Crippen molar-refractivity contribution in [3.63, 3.8) is 0 Å². The highest BCUT2D eigenvalue weighted by Gasteiger charge is 2.29. The van der Waals surface area contributed by atoms with Crippen molar-refractivity contribution in [2.45, 2.75) is 52.9 Å². The average molecular weight is 546 g/mol. The molecule has 0 spiro atoms. The van der Waals surface area contributed by atoms with Crippen LogP contribution in [0.25, 0.3) is 5.69 Å². The fourth-order valence-electron chi connectivity index (χ4n) is 4.55. The van der Waals surface area contributed by atoms with Gasteiger partial charge in [-0.05, 0) is 97.8 Å². The Kier molecular flexibility index (Phi) is 8.77. The summed E-state index contributed by atoms with van der Waals surface area (Å²) in [5, 5.41) is 10.3. The molecular weight excluding hydrogens is 511 g/mol. The number of hydrogen-bond donors (Lipinski definition) is 2. The Bertz CT molecular complexity index is 1510. The SMILES string of the molecule is C=C(Nc1cccc(CCc2cc(C)c(CC)cc2N=CC)c1)Nc1cc(C(C)(F)F)nn1-c1ccc(F)cc1. The summed E-state index contributed by atoms with van der Waals surface area (Å²) < 4.78 is 42.9. The van der Waals surface area contributed by atoms with E-state index in [-0.39, 0.29) is 5.82 Å². The Balaban J connectivity index is 1.49. The van der Waals surface area contributed by atoms with Crippen LogP contribution in [0.5, 0.6) is 0 Å². The first-order chi connectivity index (χ1) is 19.1. The molecule has 0 amide bonds. The monoisotopic (exact) mass is 545 g/mol. The molecule has 0 bridgehead atoms.